The molecule has 4 rings (SSSR count). The number of benzene rings is 1. The first-order chi connectivity index (χ1) is 11.7. The van der Waals surface area contributed by atoms with Crippen molar-refractivity contribution in [2.24, 2.45) is 0 Å². The second-order valence-corrected chi connectivity index (χ2v) is 6.98. The van der Waals surface area contributed by atoms with Crippen LogP contribution >= 0.6 is 11.3 Å². The summed E-state index contributed by atoms with van der Waals surface area (Å²) in [6, 6.07) is 9.96. The molecule has 0 radical (unpaired) electrons. The molecule has 0 fully saturated rings. The lowest BCUT2D eigenvalue weighted by Crippen LogP contribution is -2.31. The van der Waals surface area contributed by atoms with Crippen LogP contribution in [0.25, 0.3) is 10.1 Å². The number of nitrogens with one attached hydrogen (secondary N) is 3. The molecule has 1 aliphatic rings. The fraction of sp³-hybridized carbons (Fsp3) is 0.294. The van der Waals surface area contributed by atoms with Crippen LogP contribution in [0, 0.1) is 0 Å². The average Bonchev–Trinajstić information content (AvgIpc) is 3.23. The number of fused-ring (bicyclic) bond motifs is 2. The van der Waals surface area contributed by atoms with Crippen LogP contribution < -0.4 is 10.6 Å². The maximum absolute atomic E-state index is 12.4. The summed E-state index contributed by atoms with van der Waals surface area (Å²) in [5, 5.41) is 24.6. The maximum Gasteiger partial charge on any atom is 0.272 e. The average molecular weight is 342 g/mol. The molecule has 0 spiro atoms. The molecule has 1 aliphatic heterocycles. The van der Waals surface area contributed by atoms with Crippen LogP contribution in [0.15, 0.2) is 30.3 Å². The number of aliphatic hydroxyl groups excluding tert-OH is 1. The zero-order valence-electron chi connectivity index (χ0n) is 13.0. The highest BCUT2D eigenvalue weighted by atomic mass is 32.1. The molecule has 0 saturated carbocycles. The highest BCUT2D eigenvalue weighted by Crippen LogP contribution is 2.29. The molecule has 124 valence electrons. The number of amides is 1. The van der Waals surface area contributed by atoms with E-state index < -0.39 is 6.10 Å². The molecule has 7 heteroatoms. The SMILES string of the molecule is O=C(NCC(O)c1cc2ccccc2s1)c1n[nH]c2c1CNCC2. The van der Waals surface area contributed by atoms with E-state index in [1.54, 1.807) is 11.3 Å². The minimum absolute atomic E-state index is 0.167. The number of carbonyl (C=O) groups excluding carboxylic acids is 1. The molecule has 2 aromatic heterocycles. The van der Waals surface area contributed by atoms with Gasteiger partial charge >= 0.3 is 0 Å². The van der Waals surface area contributed by atoms with Gasteiger partial charge in [-0.1, -0.05) is 18.2 Å². The fourth-order valence-corrected chi connectivity index (χ4v) is 4.00. The van der Waals surface area contributed by atoms with Crippen molar-refractivity contribution >= 4 is 27.3 Å². The Morgan fingerprint density at radius 3 is 3.17 bits per heavy atom. The third-order valence-electron chi connectivity index (χ3n) is 4.25. The van der Waals surface area contributed by atoms with Crippen LogP contribution in [0.2, 0.25) is 0 Å². The highest BCUT2D eigenvalue weighted by Gasteiger charge is 2.22. The van der Waals surface area contributed by atoms with Crippen molar-refractivity contribution in [1.29, 1.82) is 0 Å². The number of aromatic nitrogens is 2. The number of hydrogen-bond acceptors (Lipinski definition) is 5. The van der Waals surface area contributed by atoms with Crippen molar-refractivity contribution < 1.29 is 9.90 Å². The van der Waals surface area contributed by atoms with Gasteiger partial charge in [0, 0.05) is 46.9 Å². The maximum atomic E-state index is 12.4. The largest absolute Gasteiger partial charge is 0.386 e. The second-order valence-electron chi connectivity index (χ2n) is 5.87. The molecule has 0 aliphatic carbocycles. The summed E-state index contributed by atoms with van der Waals surface area (Å²) in [6.07, 6.45) is 0.124. The zero-order chi connectivity index (χ0) is 16.5. The molecule has 0 saturated heterocycles. The molecule has 3 aromatic rings. The first-order valence-electron chi connectivity index (χ1n) is 7.94. The Bertz CT molecular complexity index is 853. The molecule has 3 heterocycles. The predicted molar refractivity (Wildman–Crippen MR) is 93.1 cm³/mol. The Morgan fingerprint density at radius 2 is 2.29 bits per heavy atom. The summed E-state index contributed by atoms with van der Waals surface area (Å²) >= 11 is 1.54. The number of hydrogen-bond donors (Lipinski definition) is 4. The quantitative estimate of drug-likeness (QED) is 0.581. The number of rotatable bonds is 4. The monoisotopic (exact) mass is 342 g/mol. The number of nitrogens with zero attached hydrogens (tertiary/aromatic N) is 1. The van der Waals surface area contributed by atoms with E-state index in [1.807, 2.05) is 30.3 Å². The van der Waals surface area contributed by atoms with Gasteiger partial charge in [-0.25, -0.2) is 0 Å². The van der Waals surface area contributed by atoms with E-state index >= 15 is 0 Å². The minimum Gasteiger partial charge on any atom is -0.386 e. The molecule has 1 amide bonds. The Kier molecular flexibility index (Phi) is 4.05. The third kappa shape index (κ3) is 2.82. The van der Waals surface area contributed by atoms with Gasteiger partial charge in [-0.15, -0.1) is 11.3 Å². The summed E-state index contributed by atoms with van der Waals surface area (Å²) in [5.74, 6) is -0.253. The van der Waals surface area contributed by atoms with Crippen molar-refractivity contribution in [3.8, 4) is 0 Å². The number of aromatic amines is 1. The van der Waals surface area contributed by atoms with E-state index in [9.17, 15) is 9.90 Å². The summed E-state index contributed by atoms with van der Waals surface area (Å²) in [6.45, 7) is 1.70. The van der Waals surface area contributed by atoms with E-state index in [-0.39, 0.29) is 12.5 Å². The van der Waals surface area contributed by atoms with Crippen LogP contribution in [0.1, 0.15) is 32.7 Å². The first-order valence-corrected chi connectivity index (χ1v) is 8.75. The molecule has 24 heavy (non-hydrogen) atoms. The summed E-state index contributed by atoms with van der Waals surface area (Å²) in [4.78, 5) is 13.2. The van der Waals surface area contributed by atoms with Crippen LogP contribution in [0.3, 0.4) is 0 Å². The normalized spacial score (nSPS) is 15.2. The van der Waals surface area contributed by atoms with E-state index in [2.05, 4.69) is 20.8 Å². The van der Waals surface area contributed by atoms with Crippen LogP contribution in [0.5, 0.6) is 0 Å². The summed E-state index contributed by atoms with van der Waals surface area (Å²) in [5.41, 5.74) is 2.36. The van der Waals surface area contributed by atoms with Gasteiger partial charge in [0.1, 0.15) is 6.10 Å². The molecule has 1 aromatic carbocycles. The van der Waals surface area contributed by atoms with E-state index in [4.69, 9.17) is 0 Å². The van der Waals surface area contributed by atoms with Crippen molar-refractivity contribution in [3.05, 3.63) is 52.2 Å². The Labute approximate surface area is 142 Å². The third-order valence-corrected chi connectivity index (χ3v) is 5.47. The fourth-order valence-electron chi connectivity index (χ4n) is 2.95. The summed E-state index contributed by atoms with van der Waals surface area (Å²) in [7, 11) is 0. The van der Waals surface area contributed by atoms with Crippen LogP contribution in [-0.2, 0) is 13.0 Å². The van der Waals surface area contributed by atoms with Crippen molar-refractivity contribution in [3.63, 3.8) is 0 Å². The Hall–Kier alpha value is -2.22. The van der Waals surface area contributed by atoms with Gasteiger partial charge < -0.3 is 15.7 Å². The van der Waals surface area contributed by atoms with Gasteiger partial charge in [0.2, 0.25) is 0 Å². The Balaban J connectivity index is 1.44. The van der Waals surface area contributed by atoms with E-state index in [1.165, 1.54) is 0 Å². The summed E-state index contributed by atoms with van der Waals surface area (Å²) < 4.78 is 1.13. The predicted octanol–water partition coefficient (Wildman–Crippen LogP) is 1.73. The Morgan fingerprint density at radius 1 is 1.42 bits per heavy atom. The smallest absolute Gasteiger partial charge is 0.272 e. The molecular weight excluding hydrogens is 324 g/mol. The molecule has 4 N–H and O–H groups in total. The minimum atomic E-state index is -0.723. The molecular formula is C17H18N4O2S. The molecule has 6 nitrogen and oxygen atoms in total. The highest BCUT2D eigenvalue weighted by molar-refractivity contribution is 7.19. The topological polar surface area (TPSA) is 90.0 Å². The van der Waals surface area contributed by atoms with Gasteiger partial charge in [-0.2, -0.15) is 5.10 Å². The van der Waals surface area contributed by atoms with Crippen molar-refractivity contribution in [1.82, 2.24) is 20.8 Å². The van der Waals surface area contributed by atoms with Gasteiger partial charge in [-0.3, -0.25) is 9.89 Å². The lowest BCUT2D eigenvalue weighted by atomic mass is 10.1. The van der Waals surface area contributed by atoms with Gasteiger partial charge in [0.25, 0.3) is 5.91 Å². The molecule has 0 bridgehead atoms. The molecule has 1 atom stereocenters. The number of aliphatic hydroxyl groups is 1. The number of thiophene rings is 1. The first kappa shape index (κ1) is 15.3. The van der Waals surface area contributed by atoms with E-state index in [0.29, 0.717) is 12.2 Å². The van der Waals surface area contributed by atoms with Gasteiger partial charge in [0.15, 0.2) is 5.69 Å². The van der Waals surface area contributed by atoms with Crippen molar-refractivity contribution in [2.75, 3.05) is 13.1 Å². The molecule has 1 unspecified atom stereocenters. The second kappa shape index (κ2) is 6.35. The zero-order valence-corrected chi connectivity index (χ0v) is 13.8. The van der Waals surface area contributed by atoms with Crippen molar-refractivity contribution in [2.45, 2.75) is 19.1 Å². The lowest BCUT2D eigenvalue weighted by Gasteiger charge is -2.13. The van der Waals surface area contributed by atoms with Gasteiger partial charge in [0.05, 0.1) is 0 Å². The number of carbonyl (C=O) groups is 1. The van der Waals surface area contributed by atoms with E-state index in [0.717, 1.165) is 39.2 Å². The van der Waals surface area contributed by atoms with Crippen LogP contribution in [0.4, 0.5) is 0 Å². The van der Waals surface area contributed by atoms with Gasteiger partial charge in [-0.05, 0) is 17.5 Å². The van der Waals surface area contributed by atoms with Crippen LogP contribution in [-0.4, -0.2) is 34.3 Å². The standard InChI is InChI=1S/C17H18N4O2S/c22-13(15-7-10-3-1-2-4-14(10)24-15)9-19-17(23)16-11-8-18-6-5-12(11)20-21-16/h1-4,7,13,18,22H,5-6,8-9H2,(H,19,23)(H,20,21). The number of H-pyrrole nitrogens is 1. The lowest BCUT2D eigenvalue weighted by molar-refractivity contribution is 0.0912.